The van der Waals surface area contributed by atoms with Gasteiger partial charge in [0.05, 0.1) is 5.71 Å². The summed E-state index contributed by atoms with van der Waals surface area (Å²) in [4.78, 5) is 23.3. The lowest BCUT2D eigenvalue weighted by molar-refractivity contribution is 0.171. The number of hydrogen-bond acceptors (Lipinski definition) is 6. The number of hydrogen-bond donors (Lipinski definition) is 2. The summed E-state index contributed by atoms with van der Waals surface area (Å²) in [5.74, 6) is 1.35. The lowest BCUT2D eigenvalue weighted by Gasteiger charge is -2.32. The van der Waals surface area contributed by atoms with Crippen LogP contribution in [0.25, 0.3) is 0 Å². The number of aliphatic imine (C=N–C) groups is 1. The van der Waals surface area contributed by atoms with E-state index in [9.17, 15) is 9.46 Å². The summed E-state index contributed by atoms with van der Waals surface area (Å²) in [6.07, 6.45) is 6.94. The molecule has 2 aromatic rings. The van der Waals surface area contributed by atoms with E-state index in [-0.39, 0.29) is 5.92 Å². The van der Waals surface area contributed by atoms with Gasteiger partial charge in [0.2, 0.25) is 13.2 Å². The summed E-state index contributed by atoms with van der Waals surface area (Å²) >= 11 is 0. The van der Waals surface area contributed by atoms with E-state index in [0.29, 0.717) is 35.6 Å². The van der Waals surface area contributed by atoms with Crippen LogP contribution in [0.15, 0.2) is 35.6 Å². The molecule has 2 heterocycles. The zero-order valence-corrected chi connectivity index (χ0v) is 22.0. The number of nitrogen functional groups attached to an aromatic ring is 1. The maximum Gasteiger partial charge on any atom is 0.246 e. The first-order valence-corrected chi connectivity index (χ1v) is 14.4. The minimum atomic E-state index is -3.02. The van der Waals surface area contributed by atoms with Gasteiger partial charge in [-0.25, -0.2) is 9.98 Å². The molecule has 0 amide bonds. The molecule has 2 unspecified atom stereocenters. The summed E-state index contributed by atoms with van der Waals surface area (Å²) in [5, 5.41) is 0. The monoisotopic (exact) mass is 486 g/mol. The van der Waals surface area contributed by atoms with Gasteiger partial charge in [0.1, 0.15) is 11.9 Å². The zero-order chi connectivity index (χ0) is 24.9. The third-order valence-corrected chi connectivity index (χ3v) is 8.81. The maximum atomic E-state index is 12.5. The van der Waals surface area contributed by atoms with E-state index >= 15 is 0 Å². The second-order valence-electron chi connectivity index (χ2n) is 9.97. The number of rotatable bonds is 11. The standard InChI is InChI=1S/C26H39N4O3P/c1-6-8-15-34(31,32)16-19(7-2)10-9-18(3)20-11-13-21(14-12-20)23-26(4,5)33-25-22(30-23)24(27)28-17-29-25/h11-14,17-19H,6-10,15-16H2,1-5H3,(H,31,32)(H2,27,28,29)/t18?,19-/m0/s1. The first kappa shape index (κ1) is 26.4. The van der Waals surface area contributed by atoms with Crippen molar-refractivity contribution in [3.8, 4) is 5.88 Å². The number of nitrogens with two attached hydrogens (primary N) is 1. The lowest BCUT2D eigenvalue weighted by Crippen LogP contribution is -2.41. The third-order valence-electron chi connectivity index (χ3n) is 6.71. The second-order valence-corrected chi connectivity index (χ2v) is 12.5. The van der Waals surface area contributed by atoms with Crippen molar-refractivity contribution in [2.24, 2.45) is 10.9 Å². The number of nitrogens with zero attached hydrogens (tertiary/aromatic N) is 3. The van der Waals surface area contributed by atoms with E-state index in [4.69, 9.17) is 15.5 Å². The highest BCUT2D eigenvalue weighted by Crippen LogP contribution is 2.45. The average molecular weight is 487 g/mol. The number of anilines is 1. The summed E-state index contributed by atoms with van der Waals surface area (Å²) in [5.41, 5.74) is 8.82. The highest BCUT2D eigenvalue weighted by molar-refractivity contribution is 7.57. The van der Waals surface area contributed by atoms with Crippen LogP contribution >= 0.6 is 7.37 Å². The van der Waals surface area contributed by atoms with E-state index in [1.165, 1.54) is 11.9 Å². The molecule has 0 saturated carbocycles. The minimum Gasteiger partial charge on any atom is -0.463 e. The molecular formula is C26H39N4O3P. The van der Waals surface area contributed by atoms with Crippen molar-refractivity contribution in [2.75, 3.05) is 18.1 Å². The van der Waals surface area contributed by atoms with E-state index in [2.05, 4.69) is 55.0 Å². The Morgan fingerprint density at radius 3 is 2.50 bits per heavy atom. The molecule has 7 nitrogen and oxygen atoms in total. The second kappa shape index (κ2) is 11.0. The molecular weight excluding hydrogens is 447 g/mol. The first-order valence-electron chi connectivity index (χ1n) is 12.4. The normalized spacial score (nSPS) is 18.2. The van der Waals surface area contributed by atoms with Crippen LogP contribution in [-0.4, -0.2) is 38.5 Å². The van der Waals surface area contributed by atoms with E-state index < -0.39 is 13.0 Å². The average Bonchev–Trinajstić information content (AvgIpc) is 2.79. The van der Waals surface area contributed by atoms with E-state index in [1.54, 1.807) is 0 Å². The Hall–Kier alpha value is -2.24. The summed E-state index contributed by atoms with van der Waals surface area (Å²) in [6.45, 7) is 10.3. The van der Waals surface area contributed by atoms with Gasteiger partial charge in [-0.15, -0.1) is 0 Å². The third kappa shape index (κ3) is 6.45. The molecule has 0 fully saturated rings. The zero-order valence-electron chi connectivity index (χ0n) is 21.1. The van der Waals surface area contributed by atoms with Gasteiger partial charge in [0.15, 0.2) is 11.5 Å². The van der Waals surface area contributed by atoms with Crippen LogP contribution < -0.4 is 10.5 Å². The number of benzene rings is 1. The molecule has 0 spiro atoms. The molecule has 1 aliphatic rings. The number of unbranched alkanes of at least 4 members (excludes halogenated alkanes) is 1. The van der Waals surface area contributed by atoms with E-state index in [0.717, 1.165) is 43.4 Å². The molecule has 0 bridgehead atoms. The highest BCUT2D eigenvalue weighted by atomic mass is 31.2. The van der Waals surface area contributed by atoms with E-state index in [1.807, 2.05) is 13.8 Å². The number of ether oxygens (including phenoxy) is 1. The SMILES string of the molecule is CCCCP(=O)(O)C[C@@H](CC)CCC(C)c1ccc(C2=Nc3c(N)ncnc3OC2(C)C)cc1. The maximum absolute atomic E-state index is 12.5. The van der Waals surface area contributed by atoms with Crippen LogP contribution in [0.5, 0.6) is 5.88 Å². The Bertz CT molecular complexity index is 1050. The molecule has 3 rings (SSSR count). The molecule has 3 atom stereocenters. The molecule has 1 aromatic heterocycles. The predicted octanol–water partition coefficient (Wildman–Crippen LogP) is 6.33. The quantitative estimate of drug-likeness (QED) is 0.359. The first-order chi connectivity index (χ1) is 16.1. The number of fused-ring (bicyclic) bond motifs is 1. The van der Waals surface area contributed by atoms with Gasteiger partial charge >= 0.3 is 0 Å². The van der Waals surface area contributed by atoms with Gasteiger partial charge in [0.25, 0.3) is 0 Å². The van der Waals surface area contributed by atoms with Gasteiger partial charge in [-0.2, -0.15) is 4.98 Å². The fraction of sp³-hybridized carbons (Fsp3) is 0.577. The largest absolute Gasteiger partial charge is 0.463 e. The van der Waals surface area contributed by atoms with Crippen molar-refractivity contribution >= 4 is 24.6 Å². The molecule has 0 radical (unpaired) electrons. The van der Waals surface area contributed by atoms with Crippen LogP contribution in [0.3, 0.4) is 0 Å². The van der Waals surface area contributed by atoms with Gasteiger partial charge in [-0.05, 0) is 50.5 Å². The van der Waals surface area contributed by atoms with Crippen LogP contribution in [0.4, 0.5) is 11.5 Å². The van der Waals surface area contributed by atoms with Gasteiger partial charge < -0.3 is 15.4 Å². The Morgan fingerprint density at radius 1 is 1.15 bits per heavy atom. The summed E-state index contributed by atoms with van der Waals surface area (Å²) < 4.78 is 18.6. The molecule has 34 heavy (non-hydrogen) atoms. The molecule has 1 aliphatic heterocycles. The highest BCUT2D eigenvalue weighted by Gasteiger charge is 2.35. The Balaban J connectivity index is 1.68. The van der Waals surface area contributed by atoms with Crippen molar-refractivity contribution in [1.29, 1.82) is 0 Å². The Morgan fingerprint density at radius 2 is 1.85 bits per heavy atom. The molecule has 8 heteroatoms. The van der Waals surface area contributed by atoms with Gasteiger partial charge in [-0.3, -0.25) is 4.57 Å². The molecule has 186 valence electrons. The van der Waals surface area contributed by atoms with Crippen LogP contribution in [-0.2, 0) is 4.57 Å². The smallest absolute Gasteiger partial charge is 0.246 e. The molecule has 0 aliphatic carbocycles. The topological polar surface area (TPSA) is 111 Å². The summed E-state index contributed by atoms with van der Waals surface area (Å²) in [7, 11) is -3.02. The van der Waals surface area contributed by atoms with Crippen molar-refractivity contribution < 1.29 is 14.2 Å². The van der Waals surface area contributed by atoms with Crippen molar-refractivity contribution in [1.82, 2.24) is 9.97 Å². The fourth-order valence-corrected chi connectivity index (χ4v) is 6.69. The van der Waals surface area contributed by atoms with Crippen LogP contribution in [0, 0.1) is 5.92 Å². The fourth-order valence-electron chi connectivity index (χ4n) is 4.45. The van der Waals surface area contributed by atoms with Crippen LogP contribution in [0.2, 0.25) is 0 Å². The van der Waals surface area contributed by atoms with Crippen molar-refractivity contribution in [3.63, 3.8) is 0 Å². The molecule has 0 saturated heterocycles. The summed E-state index contributed by atoms with van der Waals surface area (Å²) in [6, 6.07) is 8.42. The van der Waals surface area contributed by atoms with Gasteiger partial charge in [-0.1, -0.05) is 57.9 Å². The van der Waals surface area contributed by atoms with Crippen molar-refractivity contribution in [3.05, 3.63) is 41.7 Å². The lowest BCUT2D eigenvalue weighted by atomic mass is 9.89. The number of aromatic nitrogens is 2. The molecule has 1 aromatic carbocycles. The Labute approximate surface area is 203 Å². The molecule has 3 N–H and O–H groups in total. The predicted molar refractivity (Wildman–Crippen MR) is 140 cm³/mol. The van der Waals surface area contributed by atoms with Crippen LogP contribution in [0.1, 0.15) is 83.8 Å². The van der Waals surface area contributed by atoms with Crippen molar-refractivity contribution in [2.45, 2.75) is 78.2 Å². The minimum absolute atomic E-state index is 0.289. The van der Waals surface area contributed by atoms with Gasteiger partial charge in [0, 0.05) is 17.9 Å². The Kier molecular flexibility index (Phi) is 8.53.